The standard InChI is InChI=1S/C22H23FN4O3/c1-27-22(28)20(24-11-14-3-6-17(29-2)7-4-14)10-21(26-27)30-13-15-9-18(15)19-8-5-16(23)12-25-19/h3-8,10,12,15,18,24H,9,11,13H2,1-2H3. The molecule has 30 heavy (non-hydrogen) atoms. The number of aryl methyl sites for hydroxylation is 1. The third kappa shape index (κ3) is 4.59. The summed E-state index contributed by atoms with van der Waals surface area (Å²) in [5.41, 5.74) is 2.09. The molecule has 0 spiro atoms. The van der Waals surface area contributed by atoms with Gasteiger partial charge in [0, 0.05) is 37.2 Å². The first-order chi connectivity index (χ1) is 14.5. The molecule has 2 atom stereocenters. The Morgan fingerprint density at radius 3 is 2.73 bits per heavy atom. The van der Waals surface area contributed by atoms with Crippen molar-refractivity contribution in [2.75, 3.05) is 19.0 Å². The SMILES string of the molecule is COc1ccc(CNc2cc(OCC3CC3c3ccc(F)cn3)nn(C)c2=O)cc1. The van der Waals surface area contributed by atoms with Gasteiger partial charge >= 0.3 is 0 Å². The number of nitrogens with one attached hydrogen (secondary N) is 1. The van der Waals surface area contributed by atoms with Crippen LogP contribution >= 0.6 is 0 Å². The summed E-state index contributed by atoms with van der Waals surface area (Å²) in [6.45, 7) is 0.955. The first-order valence-electron chi connectivity index (χ1n) is 9.73. The number of methoxy groups -OCH3 is 1. The fraction of sp³-hybridized carbons (Fsp3) is 0.318. The Hall–Kier alpha value is -3.42. The van der Waals surface area contributed by atoms with Crippen LogP contribution < -0.4 is 20.3 Å². The largest absolute Gasteiger partial charge is 0.497 e. The van der Waals surface area contributed by atoms with Gasteiger partial charge in [0.1, 0.15) is 17.3 Å². The molecular formula is C22H23FN4O3. The van der Waals surface area contributed by atoms with Crippen molar-refractivity contribution < 1.29 is 13.9 Å². The fourth-order valence-corrected chi connectivity index (χ4v) is 3.31. The summed E-state index contributed by atoms with van der Waals surface area (Å²) in [5.74, 6) is 1.40. The van der Waals surface area contributed by atoms with Crippen LogP contribution in [-0.4, -0.2) is 28.5 Å². The van der Waals surface area contributed by atoms with Crippen LogP contribution in [0.3, 0.4) is 0 Å². The molecule has 1 N–H and O–H groups in total. The highest BCUT2D eigenvalue weighted by molar-refractivity contribution is 5.44. The molecule has 0 saturated heterocycles. The highest BCUT2D eigenvalue weighted by Crippen LogP contribution is 2.46. The van der Waals surface area contributed by atoms with Gasteiger partial charge in [0.2, 0.25) is 5.88 Å². The zero-order valence-electron chi connectivity index (χ0n) is 16.8. The van der Waals surface area contributed by atoms with E-state index in [4.69, 9.17) is 9.47 Å². The number of benzene rings is 1. The molecule has 1 aliphatic rings. The van der Waals surface area contributed by atoms with E-state index >= 15 is 0 Å². The maximum Gasteiger partial charge on any atom is 0.290 e. The first kappa shape index (κ1) is 19.9. The molecule has 2 heterocycles. The van der Waals surface area contributed by atoms with Gasteiger partial charge < -0.3 is 14.8 Å². The summed E-state index contributed by atoms with van der Waals surface area (Å²) in [6.07, 6.45) is 2.17. The second-order valence-electron chi connectivity index (χ2n) is 7.34. The van der Waals surface area contributed by atoms with Crippen LogP contribution in [0.1, 0.15) is 23.6 Å². The van der Waals surface area contributed by atoms with Gasteiger partial charge in [0.05, 0.1) is 19.9 Å². The van der Waals surface area contributed by atoms with E-state index in [1.165, 1.54) is 16.9 Å². The van der Waals surface area contributed by atoms with Crippen molar-refractivity contribution in [1.82, 2.24) is 14.8 Å². The van der Waals surface area contributed by atoms with Crippen LogP contribution in [0.4, 0.5) is 10.1 Å². The summed E-state index contributed by atoms with van der Waals surface area (Å²) >= 11 is 0. The van der Waals surface area contributed by atoms with Crippen LogP contribution in [0.2, 0.25) is 0 Å². The number of rotatable bonds is 8. The topological polar surface area (TPSA) is 78.3 Å². The number of anilines is 1. The zero-order valence-corrected chi connectivity index (χ0v) is 16.8. The van der Waals surface area contributed by atoms with Crippen molar-refractivity contribution in [3.8, 4) is 11.6 Å². The van der Waals surface area contributed by atoms with Gasteiger partial charge in [-0.1, -0.05) is 12.1 Å². The summed E-state index contributed by atoms with van der Waals surface area (Å²) in [4.78, 5) is 16.5. The zero-order chi connectivity index (χ0) is 21.1. The van der Waals surface area contributed by atoms with Crippen molar-refractivity contribution in [3.05, 3.63) is 76.1 Å². The van der Waals surface area contributed by atoms with Gasteiger partial charge in [-0.15, -0.1) is 5.10 Å². The van der Waals surface area contributed by atoms with E-state index in [2.05, 4.69) is 15.4 Å². The minimum atomic E-state index is -0.337. The maximum absolute atomic E-state index is 13.0. The summed E-state index contributed by atoms with van der Waals surface area (Å²) in [6, 6.07) is 12.4. The molecule has 156 valence electrons. The van der Waals surface area contributed by atoms with Crippen LogP contribution in [0.25, 0.3) is 0 Å². The second-order valence-corrected chi connectivity index (χ2v) is 7.34. The van der Waals surface area contributed by atoms with Gasteiger partial charge in [0.15, 0.2) is 0 Å². The van der Waals surface area contributed by atoms with Crippen LogP contribution in [0.15, 0.2) is 53.5 Å². The molecule has 0 bridgehead atoms. The van der Waals surface area contributed by atoms with Crippen molar-refractivity contribution >= 4 is 5.69 Å². The number of aromatic nitrogens is 3. The predicted octanol–water partition coefficient (Wildman–Crippen LogP) is 3.12. The molecule has 1 fully saturated rings. The Balaban J connectivity index is 1.36. The third-order valence-corrected chi connectivity index (χ3v) is 5.18. The van der Waals surface area contributed by atoms with Gasteiger partial charge in [-0.25, -0.2) is 9.07 Å². The van der Waals surface area contributed by atoms with E-state index < -0.39 is 0 Å². The Morgan fingerprint density at radius 2 is 2.03 bits per heavy atom. The molecule has 1 aromatic carbocycles. The average Bonchev–Trinajstić information content (AvgIpc) is 3.54. The molecular weight excluding hydrogens is 387 g/mol. The fourth-order valence-electron chi connectivity index (χ4n) is 3.31. The molecule has 2 unspecified atom stereocenters. The lowest BCUT2D eigenvalue weighted by Gasteiger charge is -2.11. The Morgan fingerprint density at radius 1 is 1.23 bits per heavy atom. The molecule has 1 aliphatic carbocycles. The molecule has 4 rings (SSSR count). The van der Waals surface area contributed by atoms with Gasteiger partial charge in [-0.05, 0) is 36.2 Å². The van der Waals surface area contributed by atoms with Crippen molar-refractivity contribution in [2.45, 2.75) is 18.9 Å². The van der Waals surface area contributed by atoms with E-state index in [9.17, 15) is 9.18 Å². The first-order valence-corrected chi connectivity index (χ1v) is 9.73. The van der Waals surface area contributed by atoms with E-state index in [0.717, 1.165) is 23.4 Å². The van der Waals surface area contributed by atoms with Gasteiger partial charge in [0.25, 0.3) is 5.56 Å². The average molecular weight is 410 g/mol. The number of ether oxygens (including phenoxy) is 2. The lowest BCUT2D eigenvalue weighted by Crippen LogP contribution is -2.24. The number of pyridine rings is 1. The highest BCUT2D eigenvalue weighted by Gasteiger charge is 2.40. The van der Waals surface area contributed by atoms with Gasteiger partial charge in [-0.3, -0.25) is 9.78 Å². The van der Waals surface area contributed by atoms with Crippen molar-refractivity contribution in [1.29, 1.82) is 0 Å². The Bertz CT molecular complexity index is 1070. The monoisotopic (exact) mass is 410 g/mol. The lowest BCUT2D eigenvalue weighted by atomic mass is 10.2. The molecule has 0 amide bonds. The van der Waals surface area contributed by atoms with E-state index in [-0.39, 0.29) is 17.3 Å². The normalized spacial score (nSPS) is 17.4. The molecule has 8 heteroatoms. The molecule has 7 nitrogen and oxygen atoms in total. The smallest absolute Gasteiger partial charge is 0.290 e. The summed E-state index contributed by atoms with van der Waals surface area (Å²) in [5, 5.41) is 7.33. The van der Waals surface area contributed by atoms with Crippen LogP contribution in [-0.2, 0) is 13.6 Å². The molecule has 1 saturated carbocycles. The number of nitrogens with zero attached hydrogens (tertiary/aromatic N) is 3. The lowest BCUT2D eigenvalue weighted by molar-refractivity contribution is 0.278. The summed E-state index contributed by atoms with van der Waals surface area (Å²) in [7, 11) is 3.21. The second kappa shape index (κ2) is 8.52. The van der Waals surface area contributed by atoms with Crippen molar-refractivity contribution in [2.24, 2.45) is 13.0 Å². The number of hydrogen-bond acceptors (Lipinski definition) is 6. The molecule has 3 aromatic rings. The predicted molar refractivity (Wildman–Crippen MR) is 110 cm³/mol. The molecule has 2 aromatic heterocycles. The molecule has 0 aliphatic heterocycles. The highest BCUT2D eigenvalue weighted by atomic mass is 19.1. The minimum Gasteiger partial charge on any atom is -0.497 e. The van der Waals surface area contributed by atoms with Crippen molar-refractivity contribution in [3.63, 3.8) is 0 Å². The number of hydrogen-bond donors (Lipinski definition) is 1. The van der Waals surface area contributed by atoms with Crippen LogP contribution in [0, 0.1) is 11.7 Å². The maximum atomic E-state index is 13.0. The minimum absolute atomic E-state index is 0.226. The quantitative estimate of drug-likeness (QED) is 0.615. The third-order valence-electron chi connectivity index (χ3n) is 5.18. The summed E-state index contributed by atoms with van der Waals surface area (Å²) < 4.78 is 25.3. The Kier molecular flexibility index (Phi) is 5.65. The van der Waals surface area contributed by atoms with Gasteiger partial charge in [-0.2, -0.15) is 0 Å². The van der Waals surface area contributed by atoms with E-state index in [1.807, 2.05) is 24.3 Å². The molecule has 0 radical (unpaired) electrons. The van der Waals surface area contributed by atoms with E-state index in [0.29, 0.717) is 30.6 Å². The number of halogens is 1. The van der Waals surface area contributed by atoms with E-state index in [1.54, 1.807) is 26.3 Å². The Labute approximate surface area is 173 Å². The van der Waals surface area contributed by atoms with Crippen LogP contribution in [0.5, 0.6) is 11.6 Å².